The Morgan fingerprint density at radius 1 is 1.38 bits per heavy atom. The van der Waals surface area contributed by atoms with Gasteiger partial charge in [-0.1, -0.05) is 0 Å². The van der Waals surface area contributed by atoms with Crippen LogP contribution in [0.3, 0.4) is 0 Å². The number of nitriles is 1. The Morgan fingerprint density at radius 2 is 2.15 bits per heavy atom. The van der Waals surface area contributed by atoms with E-state index in [1.165, 1.54) is 0 Å². The van der Waals surface area contributed by atoms with Crippen LogP contribution in [0, 0.1) is 25.2 Å². The fourth-order valence-electron chi connectivity index (χ4n) is 1.48. The average molecular weight is 172 g/mol. The molecule has 0 aliphatic heterocycles. The first-order valence-electron chi connectivity index (χ1n) is 3.98. The molecule has 0 amide bonds. The first-order chi connectivity index (χ1) is 6.24. The Morgan fingerprint density at radius 3 is 2.85 bits per heavy atom. The van der Waals surface area contributed by atoms with E-state index in [0.29, 0.717) is 11.1 Å². The normalized spacial score (nSPS) is 10.2. The molecule has 0 aliphatic rings. The number of aromatic nitrogens is 1. The number of rotatable bonds is 0. The van der Waals surface area contributed by atoms with E-state index < -0.39 is 0 Å². The van der Waals surface area contributed by atoms with Crippen molar-refractivity contribution < 1.29 is 4.42 Å². The van der Waals surface area contributed by atoms with Crippen LogP contribution in [0.5, 0.6) is 0 Å². The van der Waals surface area contributed by atoms with Crippen LogP contribution in [0.2, 0.25) is 0 Å². The maximum absolute atomic E-state index is 8.89. The molecule has 2 aromatic rings. The van der Waals surface area contributed by atoms with Gasteiger partial charge in [-0.25, -0.2) is 0 Å². The molecule has 13 heavy (non-hydrogen) atoms. The van der Waals surface area contributed by atoms with E-state index in [9.17, 15) is 0 Å². The highest BCUT2D eigenvalue weighted by Gasteiger charge is 2.10. The average Bonchev–Trinajstić information content (AvgIpc) is 2.53. The molecule has 64 valence electrons. The maximum atomic E-state index is 8.89. The van der Waals surface area contributed by atoms with Crippen LogP contribution in [0.4, 0.5) is 0 Å². The van der Waals surface area contributed by atoms with Gasteiger partial charge in [0.05, 0.1) is 23.2 Å². The third-order valence-electron chi connectivity index (χ3n) is 2.07. The van der Waals surface area contributed by atoms with Crippen molar-refractivity contribution in [1.82, 2.24) is 4.98 Å². The summed E-state index contributed by atoms with van der Waals surface area (Å²) in [6.45, 7) is 3.71. The molecule has 0 saturated carbocycles. The van der Waals surface area contributed by atoms with Crippen molar-refractivity contribution in [2.75, 3.05) is 0 Å². The SMILES string of the molecule is Cc1nc(C)c2occc2c1C#N. The summed E-state index contributed by atoms with van der Waals surface area (Å²) in [5.74, 6) is 0. The topological polar surface area (TPSA) is 49.8 Å². The van der Waals surface area contributed by atoms with E-state index in [4.69, 9.17) is 9.68 Å². The number of hydrogen-bond donors (Lipinski definition) is 0. The standard InChI is InChI=1S/C10H8N2O/c1-6-9(5-11)8-3-4-13-10(8)7(2)12-6/h3-4H,1-2H3. The van der Waals surface area contributed by atoms with Crippen molar-refractivity contribution in [1.29, 1.82) is 5.26 Å². The zero-order valence-corrected chi connectivity index (χ0v) is 7.46. The Hall–Kier alpha value is -1.82. The smallest absolute Gasteiger partial charge is 0.156 e. The zero-order valence-electron chi connectivity index (χ0n) is 7.46. The van der Waals surface area contributed by atoms with Crippen LogP contribution in [0.15, 0.2) is 16.7 Å². The van der Waals surface area contributed by atoms with Gasteiger partial charge in [0.25, 0.3) is 0 Å². The summed E-state index contributed by atoms with van der Waals surface area (Å²) in [7, 11) is 0. The lowest BCUT2D eigenvalue weighted by Gasteiger charge is -1.99. The van der Waals surface area contributed by atoms with E-state index in [1.807, 2.05) is 13.8 Å². The predicted molar refractivity (Wildman–Crippen MR) is 48.2 cm³/mol. The molecular formula is C10H8N2O. The maximum Gasteiger partial charge on any atom is 0.156 e. The van der Waals surface area contributed by atoms with Gasteiger partial charge in [-0.3, -0.25) is 4.98 Å². The molecule has 0 unspecified atom stereocenters. The molecule has 0 atom stereocenters. The van der Waals surface area contributed by atoms with Gasteiger partial charge in [-0.05, 0) is 19.9 Å². The Labute approximate surface area is 75.6 Å². The number of aryl methyl sites for hydroxylation is 2. The third-order valence-corrected chi connectivity index (χ3v) is 2.07. The number of nitrogens with zero attached hydrogens (tertiary/aromatic N) is 2. The number of fused-ring (bicyclic) bond motifs is 1. The summed E-state index contributed by atoms with van der Waals surface area (Å²) >= 11 is 0. The summed E-state index contributed by atoms with van der Waals surface area (Å²) < 4.78 is 5.23. The molecule has 0 aliphatic carbocycles. The number of pyridine rings is 1. The van der Waals surface area contributed by atoms with Crippen molar-refractivity contribution in [3.63, 3.8) is 0 Å². The lowest BCUT2D eigenvalue weighted by atomic mass is 10.1. The molecule has 0 radical (unpaired) electrons. The predicted octanol–water partition coefficient (Wildman–Crippen LogP) is 2.32. The molecule has 0 fully saturated rings. The van der Waals surface area contributed by atoms with Crippen molar-refractivity contribution in [2.24, 2.45) is 0 Å². The van der Waals surface area contributed by atoms with Crippen LogP contribution >= 0.6 is 0 Å². The second kappa shape index (κ2) is 2.60. The minimum atomic E-state index is 0.606. The number of furan rings is 1. The lowest BCUT2D eigenvalue weighted by Crippen LogP contribution is -1.91. The fraction of sp³-hybridized carbons (Fsp3) is 0.200. The quantitative estimate of drug-likeness (QED) is 0.612. The van der Waals surface area contributed by atoms with Gasteiger partial charge in [0.15, 0.2) is 5.58 Å². The van der Waals surface area contributed by atoms with Crippen LogP contribution < -0.4 is 0 Å². The van der Waals surface area contributed by atoms with Gasteiger partial charge < -0.3 is 4.42 Å². The molecule has 0 N–H and O–H groups in total. The van der Waals surface area contributed by atoms with Crippen LogP contribution in [0.1, 0.15) is 17.0 Å². The molecule has 2 aromatic heterocycles. The van der Waals surface area contributed by atoms with Crippen LogP contribution in [-0.2, 0) is 0 Å². The van der Waals surface area contributed by atoms with E-state index in [0.717, 1.165) is 16.8 Å². The highest BCUT2D eigenvalue weighted by molar-refractivity contribution is 5.85. The molecule has 2 heterocycles. The van der Waals surface area contributed by atoms with E-state index >= 15 is 0 Å². The second-order valence-electron chi connectivity index (χ2n) is 2.93. The van der Waals surface area contributed by atoms with Crippen molar-refractivity contribution >= 4 is 11.0 Å². The zero-order chi connectivity index (χ0) is 9.42. The minimum absolute atomic E-state index is 0.606. The molecular weight excluding hydrogens is 164 g/mol. The first-order valence-corrected chi connectivity index (χ1v) is 3.98. The molecule has 2 rings (SSSR count). The van der Waals surface area contributed by atoms with Crippen LogP contribution in [-0.4, -0.2) is 4.98 Å². The molecule has 0 saturated heterocycles. The lowest BCUT2D eigenvalue weighted by molar-refractivity contribution is 0.610. The largest absolute Gasteiger partial charge is 0.462 e. The summed E-state index contributed by atoms with van der Waals surface area (Å²) in [6, 6.07) is 3.93. The fourth-order valence-corrected chi connectivity index (χ4v) is 1.48. The molecule has 3 heteroatoms. The Kier molecular flexibility index (Phi) is 1.56. The molecule has 0 aromatic carbocycles. The van der Waals surface area contributed by atoms with Crippen molar-refractivity contribution in [3.05, 3.63) is 29.3 Å². The van der Waals surface area contributed by atoms with Gasteiger partial charge in [0.2, 0.25) is 0 Å². The summed E-state index contributed by atoms with van der Waals surface area (Å²) in [5, 5.41) is 9.75. The van der Waals surface area contributed by atoms with Gasteiger partial charge in [0.1, 0.15) is 6.07 Å². The van der Waals surface area contributed by atoms with Gasteiger partial charge >= 0.3 is 0 Å². The highest BCUT2D eigenvalue weighted by Crippen LogP contribution is 2.23. The molecule has 0 spiro atoms. The summed E-state index contributed by atoms with van der Waals surface area (Å²) in [5.41, 5.74) is 2.90. The van der Waals surface area contributed by atoms with E-state index in [2.05, 4.69) is 11.1 Å². The third kappa shape index (κ3) is 0.994. The van der Waals surface area contributed by atoms with Gasteiger partial charge in [-0.2, -0.15) is 5.26 Å². The van der Waals surface area contributed by atoms with Crippen molar-refractivity contribution in [3.8, 4) is 6.07 Å². The van der Waals surface area contributed by atoms with E-state index in [1.54, 1.807) is 12.3 Å². The molecule has 0 bridgehead atoms. The Bertz CT molecular complexity index is 505. The first kappa shape index (κ1) is 7.81. The van der Waals surface area contributed by atoms with Crippen LogP contribution in [0.25, 0.3) is 11.0 Å². The summed E-state index contributed by atoms with van der Waals surface area (Å²) in [4.78, 5) is 4.23. The Balaban J connectivity index is 2.99. The minimum Gasteiger partial charge on any atom is -0.462 e. The summed E-state index contributed by atoms with van der Waals surface area (Å²) in [6.07, 6.45) is 1.58. The van der Waals surface area contributed by atoms with Crippen molar-refractivity contribution in [2.45, 2.75) is 13.8 Å². The van der Waals surface area contributed by atoms with E-state index in [-0.39, 0.29) is 0 Å². The van der Waals surface area contributed by atoms with Gasteiger partial charge in [0, 0.05) is 5.39 Å². The highest BCUT2D eigenvalue weighted by atomic mass is 16.3. The number of hydrogen-bond acceptors (Lipinski definition) is 3. The second-order valence-corrected chi connectivity index (χ2v) is 2.93. The van der Waals surface area contributed by atoms with Gasteiger partial charge in [-0.15, -0.1) is 0 Å². The monoisotopic (exact) mass is 172 g/mol. The molecule has 3 nitrogen and oxygen atoms in total.